The molecule has 0 aliphatic heterocycles. The molecular formula is C7H6ClN5O3. The number of nitrogens with zero attached hydrogens (tertiary/aromatic N) is 4. The Hall–Kier alpha value is -2.05. The molecule has 0 aliphatic carbocycles. The van der Waals surface area contributed by atoms with E-state index in [1.54, 1.807) is 0 Å². The molecule has 0 aromatic carbocycles. The summed E-state index contributed by atoms with van der Waals surface area (Å²) in [5.74, 6) is -1.92. The van der Waals surface area contributed by atoms with Crippen LogP contribution in [0.25, 0.3) is 10.4 Å². The normalized spacial score (nSPS) is 9.38. The molecule has 0 saturated heterocycles. The second-order valence-corrected chi connectivity index (χ2v) is 2.92. The lowest BCUT2D eigenvalue weighted by molar-refractivity contribution is -0.114. The standard InChI is InChI=1S/C7H6ClN5O3/c1-3-5(6(15)11-13-9)7(16-12-3)10-4(14)2-8/h2H2,1H3,(H,10,14). The van der Waals surface area contributed by atoms with E-state index in [-0.39, 0.29) is 23.0 Å². The van der Waals surface area contributed by atoms with Crippen molar-refractivity contribution in [1.82, 2.24) is 5.16 Å². The first-order valence-corrected chi connectivity index (χ1v) is 4.55. The molecule has 1 aromatic heterocycles. The van der Waals surface area contributed by atoms with Gasteiger partial charge in [0, 0.05) is 4.91 Å². The van der Waals surface area contributed by atoms with Crippen LogP contribution in [0.5, 0.6) is 0 Å². The highest BCUT2D eigenvalue weighted by Gasteiger charge is 2.20. The van der Waals surface area contributed by atoms with Gasteiger partial charge in [-0.2, -0.15) is 0 Å². The third-order valence-corrected chi connectivity index (χ3v) is 1.83. The molecule has 9 heteroatoms. The van der Waals surface area contributed by atoms with Gasteiger partial charge in [-0.05, 0) is 17.6 Å². The van der Waals surface area contributed by atoms with Gasteiger partial charge in [-0.3, -0.25) is 14.9 Å². The number of azide groups is 1. The van der Waals surface area contributed by atoms with Gasteiger partial charge in [-0.1, -0.05) is 5.16 Å². The van der Waals surface area contributed by atoms with Crippen molar-refractivity contribution in [3.05, 3.63) is 21.7 Å². The molecule has 0 bridgehead atoms. The van der Waals surface area contributed by atoms with Crippen molar-refractivity contribution in [3.8, 4) is 0 Å². The van der Waals surface area contributed by atoms with Gasteiger partial charge in [-0.25, -0.2) is 0 Å². The minimum Gasteiger partial charge on any atom is -0.337 e. The Bertz CT molecular complexity index is 476. The fourth-order valence-corrected chi connectivity index (χ4v) is 1.02. The molecule has 0 atom stereocenters. The van der Waals surface area contributed by atoms with Gasteiger partial charge in [0.1, 0.15) is 11.4 Å². The molecule has 0 spiro atoms. The number of anilines is 1. The molecule has 1 aromatic rings. The maximum Gasteiger partial charge on any atom is 0.256 e. The van der Waals surface area contributed by atoms with Gasteiger partial charge in [0.15, 0.2) is 0 Å². The second-order valence-electron chi connectivity index (χ2n) is 2.65. The van der Waals surface area contributed by atoms with Crippen molar-refractivity contribution < 1.29 is 14.1 Å². The fraction of sp³-hybridized carbons (Fsp3) is 0.286. The number of alkyl halides is 1. The Kier molecular flexibility index (Phi) is 3.87. The fourth-order valence-electron chi connectivity index (χ4n) is 0.958. The maximum atomic E-state index is 11.3. The topological polar surface area (TPSA) is 121 Å². The molecule has 2 amide bonds. The molecule has 0 fully saturated rings. The van der Waals surface area contributed by atoms with Crippen molar-refractivity contribution in [2.75, 3.05) is 11.2 Å². The van der Waals surface area contributed by atoms with Crippen LogP contribution >= 0.6 is 11.6 Å². The molecule has 1 heterocycles. The highest BCUT2D eigenvalue weighted by molar-refractivity contribution is 6.29. The number of rotatable bonds is 3. The molecular weight excluding hydrogens is 238 g/mol. The first kappa shape index (κ1) is 12.0. The first-order chi connectivity index (χ1) is 7.60. The number of hydrogen-bond acceptors (Lipinski definition) is 4. The van der Waals surface area contributed by atoms with Crippen LogP contribution in [0.15, 0.2) is 9.64 Å². The molecule has 1 rings (SSSR count). The maximum absolute atomic E-state index is 11.3. The summed E-state index contributed by atoms with van der Waals surface area (Å²) < 4.78 is 4.69. The smallest absolute Gasteiger partial charge is 0.256 e. The third-order valence-electron chi connectivity index (χ3n) is 1.59. The summed E-state index contributed by atoms with van der Waals surface area (Å²) in [6.45, 7) is 1.47. The largest absolute Gasteiger partial charge is 0.337 e. The van der Waals surface area contributed by atoms with Gasteiger partial charge < -0.3 is 4.52 Å². The zero-order valence-corrected chi connectivity index (χ0v) is 8.85. The highest BCUT2D eigenvalue weighted by Crippen LogP contribution is 2.20. The van der Waals surface area contributed by atoms with Crippen LogP contribution in [0.1, 0.15) is 16.1 Å². The number of amides is 2. The predicted octanol–water partition coefficient (Wildman–Crippen LogP) is 1.61. The van der Waals surface area contributed by atoms with Gasteiger partial charge in [0.05, 0.1) is 5.69 Å². The molecule has 1 N–H and O–H groups in total. The molecule has 84 valence electrons. The van der Waals surface area contributed by atoms with Crippen LogP contribution in [-0.2, 0) is 4.79 Å². The Morgan fingerprint density at radius 3 is 2.94 bits per heavy atom. The van der Waals surface area contributed by atoms with E-state index in [1.807, 2.05) is 0 Å². The van der Waals surface area contributed by atoms with Crippen LogP contribution < -0.4 is 5.32 Å². The zero-order valence-electron chi connectivity index (χ0n) is 8.10. The quantitative estimate of drug-likeness (QED) is 0.375. The van der Waals surface area contributed by atoms with E-state index < -0.39 is 11.8 Å². The average Bonchev–Trinajstić information content (AvgIpc) is 2.60. The summed E-state index contributed by atoms with van der Waals surface area (Å²) >= 11 is 5.26. The Morgan fingerprint density at radius 2 is 2.38 bits per heavy atom. The number of nitrogens with one attached hydrogen (secondary N) is 1. The molecule has 16 heavy (non-hydrogen) atoms. The summed E-state index contributed by atoms with van der Waals surface area (Å²) in [4.78, 5) is 24.6. The zero-order chi connectivity index (χ0) is 12.1. The first-order valence-electron chi connectivity index (χ1n) is 4.01. The summed E-state index contributed by atoms with van der Waals surface area (Å²) in [5, 5.41) is 8.57. The second kappa shape index (κ2) is 5.15. The van der Waals surface area contributed by atoms with E-state index >= 15 is 0 Å². The lowest BCUT2D eigenvalue weighted by Crippen LogP contribution is -2.14. The Labute approximate surface area is 94.2 Å². The molecule has 0 unspecified atom stereocenters. The van der Waals surface area contributed by atoms with Crippen LogP contribution in [-0.4, -0.2) is 22.9 Å². The van der Waals surface area contributed by atoms with Crippen molar-refractivity contribution in [3.63, 3.8) is 0 Å². The number of aromatic nitrogens is 1. The minimum atomic E-state index is -0.883. The summed E-state index contributed by atoms with van der Waals surface area (Å²) in [6, 6.07) is 0. The monoisotopic (exact) mass is 243 g/mol. The molecule has 0 saturated carbocycles. The van der Waals surface area contributed by atoms with E-state index in [1.165, 1.54) is 6.92 Å². The summed E-state index contributed by atoms with van der Waals surface area (Å²) in [5.41, 5.74) is 8.25. The number of carbonyl (C=O) groups excluding carboxylic acids is 2. The van der Waals surface area contributed by atoms with Crippen molar-refractivity contribution in [1.29, 1.82) is 0 Å². The average molecular weight is 244 g/mol. The number of carbonyl (C=O) groups is 2. The molecule has 0 radical (unpaired) electrons. The van der Waals surface area contributed by atoms with Crippen LogP contribution in [0.2, 0.25) is 0 Å². The van der Waals surface area contributed by atoms with Crippen molar-refractivity contribution in [2.24, 2.45) is 5.11 Å². The van der Waals surface area contributed by atoms with E-state index in [4.69, 9.17) is 21.7 Å². The van der Waals surface area contributed by atoms with Gasteiger partial charge in [0.25, 0.3) is 5.91 Å². The molecule has 8 nitrogen and oxygen atoms in total. The number of halogens is 1. The van der Waals surface area contributed by atoms with Gasteiger partial charge in [-0.15, -0.1) is 11.6 Å². The van der Waals surface area contributed by atoms with Gasteiger partial charge >= 0.3 is 0 Å². The highest BCUT2D eigenvalue weighted by atomic mass is 35.5. The van der Waals surface area contributed by atoms with E-state index in [2.05, 4.69) is 20.5 Å². The SMILES string of the molecule is Cc1noc(NC(=O)CCl)c1C(=O)N=[N+]=[N-]. The van der Waals surface area contributed by atoms with Crippen molar-refractivity contribution in [2.45, 2.75) is 6.92 Å². The van der Waals surface area contributed by atoms with Crippen molar-refractivity contribution >= 4 is 29.3 Å². The van der Waals surface area contributed by atoms with Crippen LogP contribution in [0, 0.1) is 6.92 Å². The van der Waals surface area contributed by atoms with Crippen LogP contribution in [0.3, 0.4) is 0 Å². The third kappa shape index (κ3) is 2.50. The van der Waals surface area contributed by atoms with Crippen LogP contribution in [0.4, 0.5) is 5.88 Å². The Balaban J connectivity index is 3.07. The Morgan fingerprint density at radius 1 is 1.69 bits per heavy atom. The summed E-state index contributed by atoms with van der Waals surface area (Å²) in [6.07, 6.45) is 0. The summed E-state index contributed by atoms with van der Waals surface area (Å²) in [7, 11) is 0. The minimum absolute atomic E-state index is 0.0868. The van der Waals surface area contributed by atoms with E-state index in [0.29, 0.717) is 0 Å². The number of aryl methyl sites for hydroxylation is 1. The lowest BCUT2D eigenvalue weighted by Gasteiger charge is -1.98. The lowest BCUT2D eigenvalue weighted by atomic mass is 10.2. The number of hydrogen-bond donors (Lipinski definition) is 1. The van der Waals surface area contributed by atoms with Gasteiger partial charge in [0.2, 0.25) is 11.8 Å². The van der Waals surface area contributed by atoms with E-state index in [9.17, 15) is 9.59 Å². The molecule has 0 aliphatic rings. The van der Waals surface area contributed by atoms with E-state index in [0.717, 1.165) is 0 Å². The predicted molar refractivity (Wildman–Crippen MR) is 54.1 cm³/mol.